The summed E-state index contributed by atoms with van der Waals surface area (Å²) in [7, 11) is 3.39. The molecule has 0 aliphatic heterocycles. The quantitative estimate of drug-likeness (QED) is 0.833. The van der Waals surface area contributed by atoms with Gasteiger partial charge in [-0.3, -0.25) is 0 Å². The number of rotatable bonds is 5. The summed E-state index contributed by atoms with van der Waals surface area (Å²) >= 11 is 1.83. The van der Waals surface area contributed by atoms with E-state index in [1.54, 1.807) is 14.2 Å². The van der Waals surface area contributed by atoms with Gasteiger partial charge in [0.15, 0.2) is 5.79 Å². The molecule has 2 rings (SSSR count). The number of hydrogen-bond acceptors (Lipinski definition) is 4. The summed E-state index contributed by atoms with van der Waals surface area (Å²) in [4.78, 5) is 1.26. The summed E-state index contributed by atoms with van der Waals surface area (Å²) in [6.07, 6.45) is 1.67. The van der Waals surface area contributed by atoms with Crippen LogP contribution in [0.25, 0.3) is 0 Å². The number of nitrogens with two attached hydrogens (primary N) is 1. The maximum atomic E-state index is 5.95. The van der Waals surface area contributed by atoms with E-state index >= 15 is 0 Å². The molecule has 0 saturated heterocycles. The van der Waals surface area contributed by atoms with Crippen LogP contribution in [-0.2, 0) is 9.47 Å². The first-order valence-electron chi connectivity index (χ1n) is 6.13. The summed E-state index contributed by atoms with van der Waals surface area (Å²) in [5, 5.41) is 0. The number of methoxy groups -OCH3 is 2. The van der Waals surface area contributed by atoms with E-state index in [0.29, 0.717) is 6.54 Å². The van der Waals surface area contributed by atoms with Crippen LogP contribution in [0.5, 0.6) is 0 Å². The van der Waals surface area contributed by atoms with Crippen LogP contribution in [0.15, 0.2) is 29.2 Å². The number of aryl methyl sites for hydroxylation is 1. The minimum Gasteiger partial charge on any atom is -0.353 e. The maximum Gasteiger partial charge on any atom is 0.170 e. The SMILES string of the molecule is COC1(OC)CC(CN)(Sc2ccc(C)cc2)C1. The molecule has 1 fully saturated rings. The second-order valence-electron chi connectivity index (χ2n) is 4.97. The summed E-state index contributed by atoms with van der Waals surface area (Å²) in [5.41, 5.74) is 7.22. The summed E-state index contributed by atoms with van der Waals surface area (Å²) in [5.74, 6) is -0.433. The largest absolute Gasteiger partial charge is 0.353 e. The van der Waals surface area contributed by atoms with Crippen molar-refractivity contribution in [1.29, 1.82) is 0 Å². The number of thioether (sulfide) groups is 1. The van der Waals surface area contributed by atoms with Gasteiger partial charge in [0.1, 0.15) is 0 Å². The molecule has 0 spiro atoms. The maximum absolute atomic E-state index is 5.95. The van der Waals surface area contributed by atoms with E-state index in [1.807, 2.05) is 11.8 Å². The van der Waals surface area contributed by atoms with Crippen LogP contribution in [0.1, 0.15) is 18.4 Å². The monoisotopic (exact) mass is 267 g/mol. The highest BCUT2D eigenvalue weighted by Crippen LogP contribution is 2.54. The number of ether oxygens (including phenoxy) is 2. The Morgan fingerprint density at radius 3 is 2.17 bits per heavy atom. The molecule has 1 aliphatic rings. The van der Waals surface area contributed by atoms with Crippen LogP contribution < -0.4 is 5.73 Å². The average molecular weight is 267 g/mol. The number of benzene rings is 1. The molecule has 18 heavy (non-hydrogen) atoms. The Balaban J connectivity index is 2.05. The zero-order chi connectivity index (χ0) is 13.2. The van der Waals surface area contributed by atoms with Gasteiger partial charge >= 0.3 is 0 Å². The molecule has 100 valence electrons. The van der Waals surface area contributed by atoms with Crippen LogP contribution in [0.3, 0.4) is 0 Å². The van der Waals surface area contributed by atoms with Gasteiger partial charge in [0, 0.05) is 43.2 Å². The molecule has 1 aromatic rings. The molecule has 3 nitrogen and oxygen atoms in total. The van der Waals surface area contributed by atoms with Gasteiger partial charge in [0.25, 0.3) is 0 Å². The minimum atomic E-state index is -0.433. The van der Waals surface area contributed by atoms with E-state index in [2.05, 4.69) is 31.2 Å². The fourth-order valence-corrected chi connectivity index (χ4v) is 3.86. The third-order valence-electron chi connectivity index (χ3n) is 3.65. The average Bonchev–Trinajstić information content (AvgIpc) is 2.36. The summed E-state index contributed by atoms with van der Waals surface area (Å²) < 4.78 is 10.9. The second kappa shape index (κ2) is 5.21. The lowest BCUT2D eigenvalue weighted by Gasteiger charge is -2.53. The van der Waals surface area contributed by atoms with Gasteiger partial charge < -0.3 is 15.2 Å². The molecule has 0 radical (unpaired) electrons. The van der Waals surface area contributed by atoms with Gasteiger partial charge in [-0.2, -0.15) is 0 Å². The molecule has 0 unspecified atom stereocenters. The van der Waals surface area contributed by atoms with Gasteiger partial charge in [-0.05, 0) is 19.1 Å². The van der Waals surface area contributed by atoms with E-state index in [0.717, 1.165) is 12.8 Å². The molecular formula is C14H21NO2S. The first-order chi connectivity index (χ1) is 8.57. The zero-order valence-corrected chi connectivity index (χ0v) is 12.0. The second-order valence-corrected chi connectivity index (χ2v) is 6.52. The molecule has 4 heteroatoms. The Hall–Kier alpha value is -0.550. The molecule has 1 saturated carbocycles. The normalized spacial score (nSPS) is 20.4. The van der Waals surface area contributed by atoms with Crippen molar-refractivity contribution in [3.05, 3.63) is 29.8 Å². The van der Waals surface area contributed by atoms with Gasteiger partial charge in [-0.25, -0.2) is 0 Å². The van der Waals surface area contributed by atoms with Crippen LogP contribution in [0, 0.1) is 6.92 Å². The smallest absolute Gasteiger partial charge is 0.170 e. The van der Waals surface area contributed by atoms with E-state index < -0.39 is 5.79 Å². The van der Waals surface area contributed by atoms with Crippen molar-refractivity contribution < 1.29 is 9.47 Å². The third-order valence-corrected chi connectivity index (χ3v) is 5.05. The fraction of sp³-hybridized carbons (Fsp3) is 0.571. The van der Waals surface area contributed by atoms with E-state index in [-0.39, 0.29) is 4.75 Å². The molecule has 0 amide bonds. The van der Waals surface area contributed by atoms with Crippen LogP contribution in [0.4, 0.5) is 0 Å². The van der Waals surface area contributed by atoms with Gasteiger partial charge in [-0.1, -0.05) is 17.7 Å². The zero-order valence-electron chi connectivity index (χ0n) is 11.2. The fourth-order valence-electron chi connectivity index (χ4n) is 2.42. The van der Waals surface area contributed by atoms with E-state index in [9.17, 15) is 0 Å². The first kappa shape index (κ1) is 13.9. The van der Waals surface area contributed by atoms with Crippen LogP contribution in [-0.4, -0.2) is 31.3 Å². The third kappa shape index (κ3) is 2.57. The van der Waals surface area contributed by atoms with Crippen LogP contribution in [0.2, 0.25) is 0 Å². The van der Waals surface area contributed by atoms with Crippen molar-refractivity contribution >= 4 is 11.8 Å². The molecule has 0 atom stereocenters. The van der Waals surface area contributed by atoms with E-state index in [1.165, 1.54) is 10.5 Å². The topological polar surface area (TPSA) is 44.5 Å². The molecule has 1 aliphatic carbocycles. The predicted octanol–water partition coefficient (Wildman–Crippen LogP) is 2.57. The Bertz CT molecular complexity index is 393. The highest BCUT2D eigenvalue weighted by Gasteiger charge is 2.55. The molecule has 2 N–H and O–H groups in total. The van der Waals surface area contributed by atoms with Gasteiger partial charge in [0.05, 0.1) is 0 Å². The van der Waals surface area contributed by atoms with Crippen molar-refractivity contribution in [2.45, 2.75) is 35.2 Å². The summed E-state index contributed by atoms with van der Waals surface area (Å²) in [6.45, 7) is 2.73. The lowest BCUT2D eigenvalue weighted by atomic mass is 9.77. The van der Waals surface area contributed by atoms with Crippen molar-refractivity contribution in [2.24, 2.45) is 5.73 Å². The highest BCUT2D eigenvalue weighted by atomic mass is 32.2. The number of hydrogen-bond donors (Lipinski definition) is 1. The Labute approximate surface area is 113 Å². The van der Waals surface area contributed by atoms with Crippen molar-refractivity contribution in [3.63, 3.8) is 0 Å². The Morgan fingerprint density at radius 2 is 1.72 bits per heavy atom. The van der Waals surface area contributed by atoms with Crippen molar-refractivity contribution in [3.8, 4) is 0 Å². The molecule has 0 aromatic heterocycles. The minimum absolute atomic E-state index is 0.0429. The van der Waals surface area contributed by atoms with Gasteiger partial charge in [0.2, 0.25) is 0 Å². The lowest BCUT2D eigenvalue weighted by Crippen LogP contribution is -2.60. The first-order valence-corrected chi connectivity index (χ1v) is 6.95. The van der Waals surface area contributed by atoms with Crippen molar-refractivity contribution in [1.82, 2.24) is 0 Å². The molecule has 0 bridgehead atoms. The van der Waals surface area contributed by atoms with E-state index in [4.69, 9.17) is 15.2 Å². The Kier molecular flexibility index (Phi) is 4.02. The summed E-state index contributed by atoms with van der Waals surface area (Å²) in [6, 6.07) is 8.56. The predicted molar refractivity (Wildman–Crippen MR) is 74.8 cm³/mol. The Morgan fingerprint density at radius 1 is 1.17 bits per heavy atom. The van der Waals surface area contributed by atoms with Gasteiger partial charge in [-0.15, -0.1) is 11.8 Å². The lowest BCUT2D eigenvalue weighted by molar-refractivity contribution is -0.260. The highest BCUT2D eigenvalue weighted by molar-refractivity contribution is 8.00. The van der Waals surface area contributed by atoms with Crippen molar-refractivity contribution in [2.75, 3.05) is 20.8 Å². The molecule has 1 aromatic carbocycles. The molecular weight excluding hydrogens is 246 g/mol. The van der Waals surface area contributed by atoms with Crippen LogP contribution >= 0.6 is 11.8 Å². The standard InChI is InChI=1S/C14H21NO2S/c1-11-4-6-12(7-5-11)18-13(10-15)8-14(9-13,16-2)17-3/h4-7H,8-10,15H2,1-3H3. The molecule has 0 heterocycles.